The lowest BCUT2D eigenvalue weighted by molar-refractivity contribution is -0.137. The highest BCUT2D eigenvalue weighted by molar-refractivity contribution is 5.91. The smallest absolute Gasteiger partial charge is 0.330 e. The van der Waals surface area contributed by atoms with Crippen LogP contribution in [0, 0.1) is 0 Å². The molecule has 28 heavy (non-hydrogen) atoms. The normalized spacial score (nSPS) is 10.5. The lowest BCUT2D eigenvalue weighted by atomic mass is 10.2. The average Bonchev–Trinajstić information content (AvgIpc) is 2.71. The van der Waals surface area contributed by atoms with Gasteiger partial charge in [0.25, 0.3) is 0 Å². The Labute approximate surface area is 165 Å². The Balaban J connectivity index is 1.70. The van der Waals surface area contributed by atoms with Crippen molar-refractivity contribution in [2.75, 3.05) is 25.6 Å². The number of rotatable bonds is 10. The summed E-state index contributed by atoms with van der Waals surface area (Å²) < 4.78 is 15.5. The predicted molar refractivity (Wildman–Crippen MR) is 108 cm³/mol. The van der Waals surface area contributed by atoms with Gasteiger partial charge in [-0.1, -0.05) is 12.1 Å². The molecule has 148 valence electrons. The van der Waals surface area contributed by atoms with Crippen molar-refractivity contribution in [2.45, 2.75) is 19.8 Å². The third-order valence-corrected chi connectivity index (χ3v) is 3.77. The van der Waals surface area contributed by atoms with Gasteiger partial charge in [-0.15, -0.1) is 0 Å². The molecule has 0 aliphatic heterocycles. The zero-order chi connectivity index (χ0) is 20.2. The number of methoxy groups -OCH3 is 1. The Morgan fingerprint density at radius 1 is 1.00 bits per heavy atom. The van der Waals surface area contributed by atoms with Crippen LogP contribution in [0.3, 0.4) is 0 Å². The predicted octanol–water partition coefficient (Wildman–Crippen LogP) is 4.07. The van der Waals surface area contributed by atoms with Gasteiger partial charge in [0.2, 0.25) is 5.91 Å². The maximum absolute atomic E-state index is 12.0. The molecule has 0 spiro atoms. The van der Waals surface area contributed by atoms with Crippen molar-refractivity contribution >= 4 is 23.6 Å². The summed E-state index contributed by atoms with van der Waals surface area (Å²) >= 11 is 0. The van der Waals surface area contributed by atoms with E-state index in [1.807, 2.05) is 36.4 Å². The van der Waals surface area contributed by atoms with Crippen LogP contribution in [0.25, 0.3) is 6.08 Å². The van der Waals surface area contributed by atoms with E-state index in [1.165, 1.54) is 6.08 Å². The van der Waals surface area contributed by atoms with E-state index in [4.69, 9.17) is 14.2 Å². The highest BCUT2D eigenvalue weighted by atomic mass is 16.5. The summed E-state index contributed by atoms with van der Waals surface area (Å²) in [5.41, 5.74) is 1.55. The summed E-state index contributed by atoms with van der Waals surface area (Å²) in [5, 5.41) is 2.84. The van der Waals surface area contributed by atoms with Crippen molar-refractivity contribution in [3.05, 3.63) is 60.2 Å². The van der Waals surface area contributed by atoms with Crippen LogP contribution < -0.4 is 14.8 Å². The number of anilines is 1. The number of nitrogens with one attached hydrogen (secondary N) is 1. The quantitative estimate of drug-likeness (QED) is 0.380. The van der Waals surface area contributed by atoms with Gasteiger partial charge in [0.15, 0.2) is 0 Å². The fourth-order valence-electron chi connectivity index (χ4n) is 2.35. The Morgan fingerprint density at radius 3 is 2.32 bits per heavy atom. The van der Waals surface area contributed by atoms with Gasteiger partial charge in [0.1, 0.15) is 11.5 Å². The summed E-state index contributed by atoms with van der Waals surface area (Å²) in [7, 11) is 1.61. The van der Waals surface area contributed by atoms with Crippen LogP contribution in [0.1, 0.15) is 25.3 Å². The maximum atomic E-state index is 12.0. The molecule has 0 aliphatic rings. The molecule has 0 aliphatic carbocycles. The second-order valence-corrected chi connectivity index (χ2v) is 5.88. The molecule has 0 saturated heterocycles. The first-order valence-corrected chi connectivity index (χ1v) is 9.12. The number of carbonyl (C=O) groups is 2. The summed E-state index contributed by atoms with van der Waals surface area (Å²) in [5.74, 6) is 1.06. The average molecular weight is 383 g/mol. The monoisotopic (exact) mass is 383 g/mol. The molecule has 2 aromatic rings. The highest BCUT2D eigenvalue weighted by Crippen LogP contribution is 2.17. The van der Waals surface area contributed by atoms with Gasteiger partial charge < -0.3 is 19.5 Å². The first-order chi connectivity index (χ1) is 13.6. The molecule has 0 radical (unpaired) electrons. The largest absolute Gasteiger partial charge is 0.497 e. The highest BCUT2D eigenvalue weighted by Gasteiger charge is 2.03. The fourth-order valence-corrected chi connectivity index (χ4v) is 2.35. The van der Waals surface area contributed by atoms with Crippen molar-refractivity contribution < 1.29 is 23.8 Å². The van der Waals surface area contributed by atoms with Crippen LogP contribution in [-0.2, 0) is 14.3 Å². The van der Waals surface area contributed by atoms with E-state index in [1.54, 1.807) is 32.2 Å². The van der Waals surface area contributed by atoms with E-state index in [0.29, 0.717) is 31.7 Å². The van der Waals surface area contributed by atoms with Crippen molar-refractivity contribution in [2.24, 2.45) is 0 Å². The minimum Gasteiger partial charge on any atom is -0.497 e. The molecular weight excluding hydrogens is 358 g/mol. The Bertz CT molecular complexity index is 782. The number of hydrogen-bond donors (Lipinski definition) is 1. The minimum absolute atomic E-state index is 0.0758. The molecule has 0 heterocycles. The molecule has 2 aromatic carbocycles. The minimum atomic E-state index is -0.378. The molecule has 6 nitrogen and oxygen atoms in total. The molecule has 0 unspecified atom stereocenters. The first-order valence-electron chi connectivity index (χ1n) is 9.12. The van der Waals surface area contributed by atoms with E-state index < -0.39 is 0 Å². The zero-order valence-corrected chi connectivity index (χ0v) is 16.1. The molecule has 0 bridgehead atoms. The van der Waals surface area contributed by atoms with E-state index in [0.717, 1.165) is 17.1 Å². The zero-order valence-electron chi connectivity index (χ0n) is 16.1. The Morgan fingerprint density at radius 2 is 1.68 bits per heavy atom. The van der Waals surface area contributed by atoms with Gasteiger partial charge >= 0.3 is 5.97 Å². The summed E-state index contributed by atoms with van der Waals surface area (Å²) in [4.78, 5) is 23.3. The van der Waals surface area contributed by atoms with Crippen molar-refractivity contribution in [1.29, 1.82) is 0 Å². The lowest BCUT2D eigenvalue weighted by Crippen LogP contribution is -2.12. The third-order valence-electron chi connectivity index (χ3n) is 3.77. The Hall–Kier alpha value is -3.28. The summed E-state index contributed by atoms with van der Waals surface area (Å²) in [6.45, 7) is 2.56. The topological polar surface area (TPSA) is 73.9 Å². The van der Waals surface area contributed by atoms with Gasteiger partial charge in [-0.2, -0.15) is 0 Å². The van der Waals surface area contributed by atoms with E-state index in [-0.39, 0.29) is 11.9 Å². The molecular formula is C22H25NO5. The number of amides is 1. The van der Waals surface area contributed by atoms with Gasteiger partial charge in [-0.05, 0) is 61.4 Å². The molecule has 1 N–H and O–H groups in total. The maximum Gasteiger partial charge on any atom is 0.330 e. The second kappa shape index (κ2) is 11.4. The third kappa shape index (κ3) is 7.53. The number of ether oxygens (including phenoxy) is 3. The standard InChI is InChI=1S/C22H25NO5/c1-3-27-22(25)15-8-17-6-9-18(10-7-17)23-21(24)5-4-16-28-20-13-11-19(26-2)12-14-20/h6-15H,3-5,16H2,1-2H3,(H,23,24). The molecule has 0 atom stereocenters. The first kappa shape index (κ1) is 21.0. The van der Waals surface area contributed by atoms with Crippen LogP contribution in [0.4, 0.5) is 5.69 Å². The van der Waals surface area contributed by atoms with Crippen molar-refractivity contribution in [3.8, 4) is 11.5 Å². The van der Waals surface area contributed by atoms with Crippen LogP contribution >= 0.6 is 0 Å². The van der Waals surface area contributed by atoms with Gasteiger partial charge in [-0.3, -0.25) is 4.79 Å². The van der Waals surface area contributed by atoms with Crippen LogP contribution in [0.5, 0.6) is 11.5 Å². The van der Waals surface area contributed by atoms with E-state index >= 15 is 0 Å². The number of esters is 1. The molecule has 1 amide bonds. The van der Waals surface area contributed by atoms with Gasteiger partial charge in [0.05, 0.1) is 20.3 Å². The van der Waals surface area contributed by atoms with Crippen LogP contribution in [-0.4, -0.2) is 32.2 Å². The molecule has 0 fully saturated rings. The number of hydrogen-bond acceptors (Lipinski definition) is 5. The lowest BCUT2D eigenvalue weighted by Gasteiger charge is -2.08. The second-order valence-electron chi connectivity index (χ2n) is 5.88. The summed E-state index contributed by atoms with van der Waals surface area (Å²) in [6.07, 6.45) is 4.01. The van der Waals surface area contributed by atoms with E-state index in [2.05, 4.69) is 5.32 Å². The van der Waals surface area contributed by atoms with Crippen LogP contribution in [0.15, 0.2) is 54.6 Å². The summed E-state index contributed by atoms with van der Waals surface area (Å²) in [6, 6.07) is 14.5. The van der Waals surface area contributed by atoms with Gasteiger partial charge in [-0.25, -0.2) is 4.79 Å². The number of carbonyl (C=O) groups excluding carboxylic acids is 2. The van der Waals surface area contributed by atoms with Crippen LogP contribution in [0.2, 0.25) is 0 Å². The van der Waals surface area contributed by atoms with Crippen molar-refractivity contribution in [3.63, 3.8) is 0 Å². The SMILES string of the molecule is CCOC(=O)C=Cc1ccc(NC(=O)CCCOc2ccc(OC)cc2)cc1. The molecule has 6 heteroatoms. The van der Waals surface area contributed by atoms with Crippen molar-refractivity contribution in [1.82, 2.24) is 0 Å². The number of benzene rings is 2. The van der Waals surface area contributed by atoms with E-state index in [9.17, 15) is 9.59 Å². The molecule has 2 rings (SSSR count). The molecule has 0 saturated carbocycles. The Kier molecular flexibility index (Phi) is 8.59. The fraction of sp³-hybridized carbons (Fsp3) is 0.273. The molecule has 0 aromatic heterocycles. The van der Waals surface area contributed by atoms with Gasteiger partial charge in [0, 0.05) is 18.2 Å².